The molecule has 0 aliphatic carbocycles. The lowest BCUT2D eigenvalue weighted by molar-refractivity contribution is -0.132. The molecule has 2 aromatic rings. The van der Waals surface area contributed by atoms with E-state index < -0.39 is 0 Å². The Morgan fingerprint density at radius 3 is 2.64 bits per heavy atom. The summed E-state index contributed by atoms with van der Waals surface area (Å²) in [4.78, 5) is 21.0. The van der Waals surface area contributed by atoms with Gasteiger partial charge >= 0.3 is 0 Å². The number of carbonyl (C=O) groups excluding carboxylic acids is 1. The van der Waals surface area contributed by atoms with Crippen molar-refractivity contribution in [1.82, 2.24) is 14.8 Å². The van der Waals surface area contributed by atoms with Crippen LogP contribution in [0.3, 0.4) is 0 Å². The number of nitrogens with zero attached hydrogens (tertiary/aromatic N) is 3. The van der Waals surface area contributed by atoms with Crippen LogP contribution in [0.4, 0.5) is 0 Å². The topological polar surface area (TPSA) is 45.7 Å². The minimum atomic E-state index is 0.224. The van der Waals surface area contributed by atoms with Gasteiger partial charge < -0.3 is 9.64 Å². The molecule has 0 atom stereocenters. The van der Waals surface area contributed by atoms with Crippen LogP contribution in [-0.2, 0) is 24.2 Å². The molecule has 0 N–H and O–H groups in total. The molecule has 2 aliphatic rings. The van der Waals surface area contributed by atoms with Crippen LogP contribution in [0.5, 0.6) is 5.75 Å². The standard InChI is InChI=1S/C20H23N3O2/c24-20(14-17-1-2-19-18(13-17)5-12-25-19)23-10-8-22(9-11-23)15-16-3-6-21-7-4-16/h1-4,6-7,13H,5,8-12,14-15H2. The van der Waals surface area contributed by atoms with E-state index in [-0.39, 0.29) is 5.91 Å². The van der Waals surface area contributed by atoms with Crippen molar-refractivity contribution in [3.63, 3.8) is 0 Å². The minimum Gasteiger partial charge on any atom is -0.493 e. The van der Waals surface area contributed by atoms with E-state index in [4.69, 9.17) is 4.74 Å². The zero-order valence-electron chi connectivity index (χ0n) is 14.4. The summed E-state index contributed by atoms with van der Waals surface area (Å²) in [5.41, 5.74) is 3.59. The highest BCUT2D eigenvalue weighted by Crippen LogP contribution is 2.26. The van der Waals surface area contributed by atoms with E-state index in [2.05, 4.69) is 28.1 Å². The Kier molecular flexibility index (Phi) is 4.65. The predicted molar refractivity (Wildman–Crippen MR) is 95.4 cm³/mol. The molecular formula is C20H23N3O2. The highest BCUT2D eigenvalue weighted by atomic mass is 16.5. The Bertz CT molecular complexity index is 740. The summed E-state index contributed by atoms with van der Waals surface area (Å²) in [6, 6.07) is 10.2. The van der Waals surface area contributed by atoms with Crippen molar-refractivity contribution in [2.45, 2.75) is 19.4 Å². The van der Waals surface area contributed by atoms with Gasteiger partial charge in [-0.3, -0.25) is 14.7 Å². The molecule has 130 valence electrons. The SMILES string of the molecule is O=C(Cc1ccc2c(c1)CCO2)N1CCN(Cc2ccncc2)CC1. The molecule has 1 fully saturated rings. The quantitative estimate of drug-likeness (QED) is 0.855. The number of carbonyl (C=O) groups is 1. The van der Waals surface area contributed by atoms with E-state index in [0.717, 1.165) is 57.1 Å². The summed E-state index contributed by atoms with van der Waals surface area (Å²) in [7, 11) is 0. The number of pyridine rings is 1. The van der Waals surface area contributed by atoms with E-state index >= 15 is 0 Å². The molecule has 0 bridgehead atoms. The van der Waals surface area contributed by atoms with E-state index in [1.807, 2.05) is 29.4 Å². The summed E-state index contributed by atoms with van der Waals surface area (Å²) in [5.74, 6) is 1.20. The second-order valence-corrected chi connectivity index (χ2v) is 6.73. The Labute approximate surface area is 148 Å². The van der Waals surface area contributed by atoms with Crippen LogP contribution in [0.2, 0.25) is 0 Å². The van der Waals surface area contributed by atoms with Crippen molar-refractivity contribution >= 4 is 5.91 Å². The van der Waals surface area contributed by atoms with Gasteiger partial charge in [-0.1, -0.05) is 12.1 Å². The number of benzene rings is 1. The molecule has 2 aliphatic heterocycles. The summed E-state index contributed by atoms with van der Waals surface area (Å²) in [6.07, 6.45) is 5.09. The third-order valence-electron chi connectivity index (χ3n) is 4.99. The fourth-order valence-corrected chi connectivity index (χ4v) is 3.54. The number of aromatic nitrogens is 1. The number of amides is 1. The van der Waals surface area contributed by atoms with Gasteiger partial charge in [0, 0.05) is 51.5 Å². The van der Waals surface area contributed by atoms with Gasteiger partial charge in [0.2, 0.25) is 5.91 Å². The molecule has 0 spiro atoms. The van der Waals surface area contributed by atoms with Crippen molar-refractivity contribution in [2.75, 3.05) is 32.8 Å². The first kappa shape index (κ1) is 16.1. The van der Waals surface area contributed by atoms with E-state index in [1.54, 1.807) is 0 Å². The zero-order chi connectivity index (χ0) is 17.1. The monoisotopic (exact) mass is 337 g/mol. The lowest BCUT2D eigenvalue weighted by Crippen LogP contribution is -2.48. The summed E-state index contributed by atoms with van der Waals surface area (Å²) in [5, 5.41) is 0. The normalized spacial score (nSPS) is 17.2. The Hall–Kier alpha value is -2.40. The van der Waals surface area contributed by atoms with Crippen LogP contribution in [0, 0.1) is 0 Å². The third kappa shape index (κ3) is 3.82. The maximum Gasteiger partial charge on any atom is 0.227 e. The average molecular weight is 337 g/mol. The fraction of sp³-hybridized carbons (Fsp3) is 0.400. The van der Waals surface area contributed by atoms with Crippen LogP contribution >= 0.6 is 0 Å². The smallest absolute Gasteiger partial charge is 0.227 e. The number of rotatable bonds is 4. The first-order valence-electron chi connectivity index (χ1n) is 8.91. The van der Waals surface area contributed by atoms with Crippen LogP contribution in [0.1, 0.15) is 16.7 Å². The molecule has 0 saturated carbocycles. The molecule has 25 heavy (non-hydrogen) atoms. The molecule has 3 heterocycles. The summed E-state index contributed by atoms with van der Waals surface area (Å²) >= 11 is 0. The highest BCUT2D eigenvalue weighted by molar-refractivity contribution is 5.79. The lowest BCUT2D eigenvalue weighted by Gasteiger charge is -2.34. The van der Waals surface area contributed by atoms with Gasteiger partial charge in [-0.25, -0.2) is 0 Å². The van der Waals surface area contributed by atoms with Gasteiger partial charge in [0.25, 0.3) is 0 Å². The van der Waals surface area contributed by atoms with Crippen LogP contribution < -0.4 is 4.74 Å². The van der Waals surface area contributed by atoms with Crippen LogP contribution in [0.15, 0.2) is 42.7 Å². The van der Waals surface area contributed by atoms with E-state index in [0.29, 0.717) is 6.42 Å². The van der Waals surface area contributed by atoms with Gasteiger partial charge in [-0.2, -0.15) is 0 Å². The molecular weight excluding hydrogens is 314 g/mol. The van der Waals surface area contributed by atoms with Crippen LogP contribution in [-0.4, -0.2) is 53.5 Å². The second kappa shape index (κ2) is 7.23. The van der Waals surface area contributed by atoms with Crippen molar-refractivity contribution in [3.05, 3.63) is 59.4 Å². The predicted octanol–water partition coefficient (Wildman–Crippen LogP) is 1.90. The highest BCUT2D eigenvalue weighted by Gasteiger charge is 2.22. The molecule has 1 aromatic carbocycles. The van der Waals surface area contributed by atoms with Crippen molar-refractivity contribution in [1.29, 1.82) is 0 Å². The Morgan fingerprint density at radius 2 is 1.84 bits per heavy atom. The van der Waals surface area contributed by atoms with Gasteiger partial charge in [0.1, 0.15) is 5.75 Å². The number of hydrogen-bond acceptors (Lipinski definition) is 4. The molecule has 1 amide bonds. The summed E-state index contributed by atoms with van der Waals surface area (Å²) < 4.78 is 5.53. The molecule has 4 rings (SSSR count). The van der Waals surface area contributed by atoms with Gasteiger partial charge in [-0.15, -0.1) is 0 Å². The molecule has 1 saturated heterocycles. The zero-order valence-corrected chi connectivity index (χ0v) is 14.4. The first-order chi connectivity index (χ1) is 12.3. The number of fused-ring (bicyclic) bond motifs is 1. The molecule has 5 heteroatoms. The Morgan fingerprint density at radius 1 is 1.04 bits per heavy atom. The molecule has 0 unspecified atom stereocenters. The van der Waals surface area contributed by atoms with E-state index in [1.165, 1.54) is 11.1 Å². The maximum atomic E-state index is 12.6. The van der Waals surface area contributed by atoms with Crippen LogP contribution in [0.25, 0.3) is 0 Å². The second-order valence-electron chi connectivity index (χ2n) is 6.73. The average Bonchev–Trinajstić information content (AvgIpc) is 3.11. The van der Waals surface area contributed by atoms with E-state index in [9.17, 15) is 4.79 Å². The minimum absolute atomic E-state index is 0.224. The maximum absolute atomic E-state index is 12.6. The first-order valence-corrected chi connectivity index (χ1v) is 8.91. The molecule has 5 nitrogen and oxygen atoms in total. The van der Waals surface area contributed by atoms with Crippen molar-refractivity contribution in [2.24, 2.45) is 0 Å². The lowest BCUT2D eigenvalue weighted by atomic mass is 10.1. The molecule has 0 radical (unpaired) electrons. The fourth-order valence-electron chi connectivity index (χ4n) is 3.54. The molecule has 1 aromatic heterocycles. The number of hydrogen-bond donors (Lipinski definition) is 0. The summed E-state index contributed by atoms with van der Waals surface area (Å²) in [6.45, 7) is 5.13. The van der Waals surface area contributed by atoms with Crippen molar-refractivity contribution in [3.8, 4) is 5.75 Å². The van der Waals surface area contributed by atoms with Crippen molar-refractivity contribution < 1.29 is 9.53 Å². The van der Waals surface area contributed by atoms with Gasteiger partial charge in [0.15, 0.2) is 0 Å². The number of ether oxygens (including phenoxy) is 1. The van der Waals surface area contributed by atoms with Gasteiger partial charge in [0.05, 0.1) is 13.0 Å². The van der Waals surface area contributed by atoms with Gasteiger partial charge in [-0.05, 0) is 34.9 Å². The largest absolute Gasteiger partial charge is 0.493 e. The third-order valence-corrected chi connectivity index (χ3v) is 4.99. The Balaban J connectivity index is 1.29. The number of piperazine rings is 1.